The van der Waals surface area contributed by atoms with Crippen LogP contribution in [0.2, 0.25) is 0 Å². The molecule has 0 unspecified atom stereocenters. The van der Waals surface area contributed by atoms with Crippen LogP contribution in [0.15, 0.2) is 41.3 Å². The zero-order valence-electron chi connectivity index (χ0n) is 15.8. The number of carbonyl (C=O) groups is 1. The lowest BCUT2D eigenvalue weighted by molar-refractivity contribution is -0.139. The van der Waals surface area contributed by atoms with E-state index in [0.717, 1.165) is 16.7 Å². The first-order chi connectivity index (χ1) is 13.2. The van der Waals surface area contributed by atoms with Crippen molar-refractivity contribution in [2.75, 3.05) is 14.2 Å². The fraction of sp³-hybridized carbons (Fsp3) is 0.316. The van der Waals surface area contributed by atoms with E-state index in [1.54, 1.807) is 26.4 Å². The van der Waals surface area contributed by atoms with Gasteiger partial charge in [0.25, 0.3) is 10.1 Å². The Balaban J connectivity index is 0.000000221. The predicted octanol–water partition coefficient (Wildman–Crippen LogP) is 2.04. The van der Waals surface area contributed by atoms with Crippen LogP contribution in [-0.2, 0) is 27.9 Å². The molecule has 9 heteroatoms. The molecule has 1 heterocycles. The SMILES string of the molecule is COc1cc2c(cc1OC)C[C@@H](C(=O)O)NC2.Cc1ccc(S(=O)(=O)O)cc1. The van der Waals surface area contributed by atoms with Crippen LogP contribution in [0.25, 0.3) is 0 Å². The lowest BCUT2D eigenvalue weighted by Gasteiger charge is -2.24. The van der Waals surface area contributed by atoms with Gasteiger partial charge >= 0.3 is 5.97 Å². The van der Waals surface area contributed by atoms with Crippen LogP contribution in [0.3, 0.4) is 0 Å². The van der Waals surface area contributed by atoms with E-state index in [-0.39, 0.29) is 4.90 Å². The van der Waals surface area contributed by atoms with Gasteiger partial charge in [-0.2, -0.15) is 8.42 Å². The van der Waals surface area contributed by atoms with E-state index in [2.05, 4.69) is 5.32 Å². The van der Waals surface area contributed by atoms with Crippen molar-refractivity contribution in [3.63, 3.8) is 0 Å². The first-order valence-corrected chi connectivity index (χ1v) is 9.83. The second kappa shape index (κ2) is 9.05. The first kappa shape index (κ1) is 21.7. The Hall–Kier alpha value is -2.62. The molecule has 8 nitrogen and oxygen atoms in total. The molecule has 3 rings (SSSR count). The van der Waals surface area contributed by atoms with E-state index in [1.165, 1.54) is 12.1 Å². The maximum absolute atomic E-state index is 10.9. The fourth-order valence-corrected chi connectivity index (χ4v) is 3.21. The number of hydrogen-bond acceptors (Lipinski definition) is 6. The molecule has 3 N–H and O–H groups in total. The zero-order chi connectivity index (χ0) is 20.9. The maximum atomic E-state index is 10.9. The third-order valence-corrected chi connectivity index (χ3v) is 5.15. The topological polar surface area (TPSA) is 122 Å². The molecular formula is C19H23NO7S. The number of aryl methyl sites for hydroxylation is 1. The third kappa shape index (κ3) is 5.44. The van der Waals surface area contributed by atoms with Crippen molar-refractivity contribution in [2.45, 2.75) is 30.8 Å². The molecule has 2 aromatic rings. The van der Waals surface area contributed by atoms with Crippen molar-refractivity contribution in [3.8, 4) is 11.5 Å². The number of hydrogen-bond donors (Lipinski definition) is 3. The van der Waals surface area contributed by atoms with Crippen molar-refractivity contribution in [2.24, 2.45) is 0 Å². The minimum atomic E-state index is -4.02. The molecular weight excluding hydrogens is 386 g/mol. The van der Waals surface area contributed by atoms with Crippen LogP contribution in [0.5, 0.6) is 11.5 Å². The average Bonchev–Trinajstić information content (AvgIpc) is 2.66. The monoisotopic (exact) mass is 409 g/mol. The smallest absolute Gasteiger partial charge is 0.321 e. The molecule has 0 aliphatic carbocycles. The molecule has 0 saturated heterocycles. The third-order valence-electron chi connectivity index (χ3n) is 4.29. The fourth-order valence-electron chi connectivity index (χ4n) is 2.73. The standard InChI is InChI=1S/C12H15NO4.C7H8O3S/c1-16-10-4-7-3-9(12(14)15)13-6-8(7)5-11(10)17-2;1-6-2-4-7(5-3-6)11(8,9)10/h4-5,9,13H,3,6H2,1-2H3,(H,14,15);2-5H,1H3,(H,8,9,10)/t9-;/m0./s1. The summed E-state index contributed by atoms with van der Waals surface area (Å²) in [5.41, 5.74) is 3.01. The van der Waals surface area contributed by atoms with Crippen molar-refractivity contribution >= 4 is 16.1 Å². The molecule has 28 heavy (non-hydrogen) atoms. The van der Waals surface area contributed by atoms with E-state index in [1.807, 2.05) is 19.1 Å². The van der Waals surface area contributed by atoms with Crippen LogP contribution in [0, 0.1) is 6.92 Å². The summed E-state index contributed by atoms with van der Waals surface area (Å²) >= 11 is 0. The molecule has 0 aromatic heterocycles. The van der Waals surface area contributed by atoms with Crippen LogP contribution in [-0.4, -0.2) is 44.3 Å². The van der Waals surface area contributed by atoms with Gasteiger partial charge in [-0.25, -0.2) is 0 Å². The van der Waals surface area contributed by atoms with Crippen molar-refractivity contribution in [3.05, 3.63) is 53.1 Å². The van der Waals surface area contributed by atoms with Gasteiger partial charge in [0, 0.05) is 6.54 Å². The summed E-state index contributed by atoms with van der Waals surface area (Å²) in [5.74, 6) is 0.476. The number of rotatable bonds is 4. The molecule has 0 spiro atoms. The Kier molecular flexibility index (Phi) is 7.00. The molecule has 0 fully saturated rings. The summed E-state index contributed by atoms with van der Waals surface area (Å²) < 4.78 is 40.0. The molecule has 2 aromatic carbocycles. The second-order valence-corrected chi connectivity index (χ2v) is 7.66. The summed E-state index contributed by atoms with van der Waals surface area (Å²) in [4.78, 5) is 10.9. The molecule has 0 radical (unpaired) electrons. The number of methoxy groups -OCH3 is 2. The Labute approximate surface area is 163 Å². The highest BCUT2D eigenvalue weighted by Crippen LogP contribution is 2.32. The van der Waals surface area contributed by atoms with Crippen molar-refractivity contribution in [1.82, 2.24) is 5.32 Å². The molecule has 0 bridgehead atoms. The van der Waals surface area contributed by atoms with Crippen molar-refractivity contribution < 1.29 is 32.3 Å². The Bertz CT molecular complexity index is 939. The number of nitrogens with one attached hydrogen (secondary N) is 1. The number of carboxylic acids is 1. The van der Waals surface area contributed by atoms with E-state index < -0.39 is 22.1 Å². The number of ether oxygens (including phenoxy) is 2. The van der Waals surface area contributed by atoms with Gasteiger partial charge in [0.1, 0.15) is 6.04 Å². The van der Waals surface area contributed by atoms with E-state index >= 15 is 0 Å². The van der Waals surface area contributed by atoms with Gasteiger partial charge in [-0.1, -0.05) is 17.7 Å². The minimum Gasteiger partial charge on any atom is -0.493 e. The summed E-state index contributed by atoms with van der Waals surface area (Å²) in [6.07, 6.45) is 0.463. The normalized spacial score (nSPS) is 15.6. The predicted molar refractivity (Wildman–Crippen MR) is 103 cm³/mol. The Morgan fingerprint density at radius 2 is 1.61 bits per heavy atom. The van der Waals surface area contributed by atoms with Gasteiger partial charge < -0.3 is 19.9 Å². The van der Waals surface area contributed by atoms with Gasteiger partial charge in [-0.05, 0) is 48.7 Å². The largest absolute Gasteiger partial charge is 0.493 e. The summed E-state index contributed by atoms with van der Waals surface area (Å²) in [6, 6.07) is 9.20. The first-order valence-electron chi connectivity index (χ1n) is 8.39. The Morgan fingerprint density at radius 1 is 1.07 bits per heavy atom. The Morgan fingerprint density at radius 3 is 2.07 bits per heavy atom. The highest BCUT2D eigenvalue weighted by molar-refractivity contribution is 7.85. The van der Waals surface area contributed by atoms with Crippen LogP contribution in [0.4, 0.5) is 0 Å². The van der Waals surface area contributed by atoms with Gasteiger partial charge in [0.2, 0.25) is 0 Å². The van der Waals surface area contributed by atoms with Crippen LogP contribution >= 0.6 is 0 Å². The van der Waals surface area contributed by atoms with E-state index in [9.17, 15) is 13.2 Å². The van der Waals surface area contributed by atoms with Crippen LogP contribution < -0.4 is 14.8 Å². The number of fused-ring (bicyclic) bond motifs is 1. The van der Waals surface area contributed by atoms with Crippen molar-refractivity contribution in [1.29, 1.82) is 0 Å². The highest BCUT2D eigenvalue weighted by atomic mass is 32.2. The molecule has 0 saturated carbocycles. The van der Waals surface area contributed by atoms with E-state index in [0.29, 0.717) is 24.5 Å². The van der Waals surface area contributed by atoms with Gasteiger partial charge in [0.05, 0.1) is 19.1 Å². The number of aliphatic carboxylic acids is 1. The van der Waals surface area contributed by atoms with Crippen LogP contribution in [0.1, 0.15) is 16.7 Å². The number of carboxylic acid groups (broad SMARTS) is 1. The molecule has 1 atom stereocenters. The molecule has 0 amide bonds. The lowest BCUT2D eigenvalue weighted by atomic mass is 9.95. The maximum Gasteiger partial charge on any atom is 0.321 e. The van der Waals surface area contributed by atoms with Gasteiger partial charge in [-0.15, -0.1) is 0 Å². The summed E-state index contributed by atoms with van der Waals surface area (Å²) in [6.45, 7) is 2.38. The van der Waals surface area contributed by atoms with Gasteiger partial charge in [0.15, 0.2) is 11.5 Å². The summed E-state index contributed by atoms with van der Waals surface area (Å²) in [5, 5.41) is 11.9. The molecule has 1 aliphatic heterocycles. The minimum absolute atomic E-state index is 0.0666. The van der Waals surface area contributed by atoms with E-state index in [4.69, 9.17) is 19.1 Å². The number of benzene rings is 2. The van der Waals surface area contributed by atoms with Gasteiger partial charge in [-0.3, -0.25) is 9.35 Å². The quantitative estimate of drug-likeness (QED) is 0.656. The lowest BCUT2D eigenvalue weighted by Crippen LogP contribution is -2.41. The molecule has 152 valence electrons. The molecule has 1 aliphatic rings. The summed E-state index contributed by atoms with van der Waals surface area (Å²) in [7, 11) is -0.866. The highest BCUT2D eigenvalue weighted by Gasteiger charge is 2.25. The average molecular weight is 409 g/mol. The second-order valence-electron chi connectivity index (χ2n) is 6.24. The zero-order valence-corrected chi connectivity index (χ0v) is 16.6.